The number of methoxy groups -OCH3 is 1. The fourth-order valence-electron chi connectivity index (χ4n) is 3.62. The maximum Gasteiger partial charge on any atom is 0.243 e. The van der Waals surface area contributed by atoms with Crippen molar-refractivity contribution >= 4 is 15.8 Å². The Kier molecular flexibility index (Phi) is 5.44. The molecule has 158 valence electrons. The average Bonchev–Trinajstić information content (AvgIpc) is 3.29. The van der Waals surface area contributed by atoms with Gasteiger partial charge in [-0.1, -0.05) is 6.07 Å². The Morgan fingerprint density at radius 3 is 2.27 bits per heavy atom. The number of hydrogen-bond acceptors (Lipinski definition) is 7. The van der Waals surface area contributed by atoms with Crippen molar-refractivity contribution < 1.29 is 13.2 Å². The molecule has 0 atom stereocenters. The minimum atomic E-state index is -3.60. The van der Waals surface area contributed by atoms with Gasteiger partial charge in [0, 0.05) is 44.6 Å². The number of benzene rings is 1. The molecule has 0 unspecified atom stereocenters. The summed E-state index contributed by atoms with van der Waals surface area (Å²) >= 11 is 0. The number of rotatable bonds is 5. The summed E-state index contributed by atoms with van der Waals surface area (Å²) in [5.74, 6) is 1.93. The number of aromatic nitrogens is 4. The van der Waals surface area contributed by atoms with Gasteiger partial charge in [-0.2, -0.15) is 9.40 Å². The first-order chi connectivity index (χ1) is 14.4. The summed E-state index contributed by atoms with van der Waals surface area (Å²) in [4.78, 5) is 2.33. The molecule has 3 heterocycles. The average molecular weight is 429 g/mol. The topological polar surface area (TPSA) is 93.5 Å². The SMILES string of the molecule is COc1cc(S(=O)(=O)N2CCN(c3ccc(-n4cccn4)nn3)CC2)c(C)cc1C. The molecule has 0 radical (unpaired) electrons. The van der Waals surface area contributed by atoms with E-state index < -0.39 is 10.0 Å². The Morgan fingerprint density at radius 2 is 1.67 bits per heavy atom. The van der Waals surface area contributed by atoms with Gasteiger partial charge in [-0.15, -0.1) is 10.2 Å². The normalized spacial score (nSPS) is 15.4. The van der Waals surface area contributed by atoms with Gasteiger partial charge < -0.3 is 9.64 Å². The second-order valence-corrected chi connectivity index (χ2v) is 9.09. The zero-order valence-corrected chi connectivity index (χ0v) is 18.0. The van der Waals surface area contributed by atoms with Crippen LogP contribution in [0, 0.1) is 13.8 Å². The first-order valence-electron chi connectivity index (χ1n) is 9.64. The Balaban J connectivity index is 1.48. The van der Waals surface area contributed by atoms with E-state index in [9.17, 15) is 8.42 Å². The van der Waals surface area contributed by atoms with Crippen LogP contribution in [0.25, 0.3) is 5.82 Å². The van der Waals surface area contributed by atoms with Crippen LogP contribution in [-0.4, -0.2) is 66.0 Å². The van der Waals surface area contributed by atoms with E-state index >= 15 is 0 Å². The van der Waals surface area contributed by atoms with Gasteiger partial charge in [-0.25, -0.2) is 13.1 Å². The second kappa shape index (κ2) is 8.04. The van der Waals surface area contributed by atoms with E-state index in [2.05, 4.69) is 15.3 Å². The number of sulfonamides is 1. The number of nitrogens with zero attached hydrogens (tertiary/aromatic N) is 6. The van der Waals surface area contributed by atoms with Gasteiger partial charge in [0.05, 0.1) is 12.0 Å². The van der Waals surface area contributed by atoms with E-state index in [0.29, 0.717) is 42.6 Å². The van der Waals surface area contributed by atoms with Crippen LogP contribution in [0.2, 0.25) is 0 Å². The molecule has 0 amide bonds. The fraction of sp³-hybridized carbons (Fsp3) is 0.350. The molecule has 0 N–H and O–H groups in total. The van der Waals surface area contributed by atoms with E-state index in [1.807, 2.05) is 43.0 Å². The molecule has 0 bridgehead atoms. The summed E-state index contributed by atoms with van der Waals surface area (Å²) in [6, 6.07) is 9.01. The van der Waals surface area contributed by atoms with Crippen LogP contribution in [0.15, 0.2) is 47.6 Å². The lowest BCUT2D eigenvalue weighted by atomic mass is 10.1. The smallest absolute Gasteiger partial charge is 0.243 e. The van der Waals surface area contributed by atoms with Crippen molar-refractivity contribution in [3.8, 4) is 11.6 Å². The standard InChI is InChI=1S/C20H24N6O3S/c1-15-13-16(2)18(14-17(15)29-3)30(27,28)25-11-9-24(10-12-25)19-5-6-20(23-22-19)26-8-4-7-21-26/h4-8,13-14H,9-12H2,1-3H3. The molecule has 1 fully saturated rings. The predicted molar refractivity (Wildman–Crippen MR) is 113 cm³/mol. The molecule has 30 heavy (non-hydrogen) atoms. The highest BCUT2D eigenvalue weighted by molar-refractivity contribution is 7.89. The molecule has 0 aliphatic carbocycles. The van der Waals surface area contributed by atoms with Gasteiger partial charge in [0.2, 0.25) is 10.0 Å². The summed E-state index contributed by atoms with van der Waals surface area (Å²) in [6.45, 7) is 5.54. The predicted octanol–water partition coefficient (Wildman–Crippen LogP) is 1.80. The van der Waals surface area contributed by atoms with Gasteiger partial charge in [-0.05, 0) is 43.2 Å². The van der Waals surface area contributed by atoms with Crippen molar-refractivity contribution in [2.45, 2.75) is 18.7 Å². The largest absolute Gasteiger partial charge is 0.496 e. The summed E-state index contributed by atoms with van der Waals surface area (Å²) in [7, 11) is -2.06. The van der Waals surface area contributed by atoms with Crippen molar-refractivity contribution in [3.05, 3.63) is 53.9 Å². The zero-order valence-electron chi connectivity index (χ0n) is 17.2. The minimum absolute atomic E-state index is 0.293. The Labute approximate surface area is 176 Å². The zero-order chi connectivity index (χ0) is 21.3. The molecular formula is C20H24N6O3S. The third kappa shape index (κ3) is 3.75. The van der Waals surface area contributed by atoms with Gasteiger partial charge in [0.25, 0.3) is 0 Å². The van der Waals surface area contributed by atoms with Crippen LogP contribution in [0.4, 0.5) is 5.82 Å². The Morgan fingerprint density at radius 1 is 0.967 bits per heavy atom. The third-order valence-electron chi connectivity index (χ3n) is 5.25. The molecule has 3 aromatic rings. The van der Waals surface area contributed by atoms with E-state index in [0.717, 1.165) is 16.9 Å². The van der Waals surface area contributed by atoms with Crippen LogP contribution in [0.3, 0.4) is 0 Å². The van der Waals surface area contributed by atoms with Gasteiger partial charge in [0.1, 0.15) is 5.75 Å². The van der Waals surface area contributed by atoms with Crippen molar-refractivity contribution in [2.24, 2.45) is 0 Å². The molecule has 1 aliphatic heterocycles. The number of anilines is 1. The first-order valence-corrected chi connectivity index (χ1v) is 11.1. The lowest BCUT2D eigenvalue weighted by molar-refractivity contribution is 0.381. The molecule has 0 spiro atoms. The number of piperazine rings is 1. The molecule has 9 nitrogen and oxygen atoms in total. The molecule has 1 aliphatic rings. The first kappa shape index (κ1) is 20.3. The van der Waals surface area contributed by atoms with E-state index in [1.165, 1.54) is 4.31 Å². The molecule has 1 saturated heterocycles. The van der Waals surface area contributed by atoms with Crippen LogP contribution < -0.4 is 9.64 Å². The maximum atomic E-state index is 13.2. The fourth-order valence-corrected chi connectivity index (χ4v) is 5.27. The van der Waals surface area contributed by atoms with E-state index in [4.69, 9.17) is 4.74 Å². The third-order valence-corrected chi connectivity index (χ3v) is 7.29. The molecule has 2 aromatic heterocycles. The molecule has 10 heteroatoms. The maximum absolute atomic E-state index is 13.2. The van der Waals surface area contributed by atoms with Crippen molar-refractivity contribution in [3.63, 3.8) is 0 Å². The number of aryl methyl sites for hydroxylation is 2. The Bertz CT molecular complexity index is 1120. The van der Waals surface area contributed by atoms with Crippen LogP contribution in [0.5, 0.6) is 5.75 Å². The Hall–Kier alpha value is -2.98. The highest BCUT2D eigenvalue weighted by atomic mass is 32.2. The van der Waals surface area contributed by atoms with Crippen molar-refractivity contribution in [2.75, 3.05) is 38.2 Å². The molecule has 4 rings (SSSR count). The van der Waals surface area contributed by atoms with Gasteiger partial charge in [-0.3, -0.25) is 0 Å². The van der Waals surface area contributed by atoms with Gasteiger partial charge in [0.15, 0.2) is 11.6 Å². The molecular weight excluding hydrogens is 404 g/mol. The monoisotopic (exact) mass is 428 g/mol. The molecule has 1 aromatic carbocycles. The highest BCUT2D eigenvalue weighted by Gasteiger charge is 2.30. The van der Waals surface area contributed by atoms with Crippen LogP contribution in [-0.2, 0) is 10.0 Å². The van der Waals surface area contributed by atoms with Crippen LogP contribution >= 0.6 is 0 Å². The molecule has 0 saturated carbocycles. The quantitative estimate of drug-likeness (QED) is 0.612. The highest BCUT2D eigenvalue weighted by Crippen LogP contribution is 2.29. The summed E-state index contributed by atoms with van der Waals surface area (Å²) < 4.78 is 34.9. The lowest BCUT2D eigenvalue weighted by Crippen LogP contribution is -2.49. The lowest BCUT2D eigenvalue weighted by Gasteiger charge is -2.34. The van der Waals surface area contributed by atoms with Gasteiger partial charge >= 0.3 is 0 Å². The summed E-state index contributed by atoms with van der Waals surface area (Å²) in [5.41, 5.74) is 1.63. The second-order valence-electron chi connectivity index (χ2n) is 7.18. The summed E-state index contributed by atoms with van der Waals surface area (Å²) in [6.07, 6.45) is 3.48. The van der Waals surface area contributed by atoms with Crippen molar-refractivity contribution in [1.82, 2.24) is 24.3 Å². The van der Waals surface area contributed by atoms with Crippen LogP contribution in [0.1, 0.15) is 11.1 Å². The minimum Gasteiger partial charge on any atom is -0.496 e. The van der Waals surface area contributed by atoms with E-state index in [1.54, 1.807) is 30.3 Å². The number of ether oxygens (including phenoxy) is 1. The number of hydrogen-bond donors (Lipinski definition) is 0. The van der Waals surface area contributed by atoms with E-state index in [-0.39, 0.29) is 0 Å². The van der Waals surface area contributed by atoms with Crippen molar-refractivity contribution in [1.29, 1.82) is 0 Å². The summed E-state index contributed by atoms with van der Waals surface area (Å²) in [5, 5.41) is 12.6.